The Kier molecular flexibility index (Phi) is 5.78. The molecule has 166 valence electrons. The first kappa shape index (κ1) is 21.7. The van der Waals surface area contributed by atoms with Crippen molar-refractivity contribution in [2.75, 3.05) is 23.3 Å². The van der Waals surface area contributed by atoms with E-state index >= 15 is 0 Å². The maximum atomic E-state index is 14.5. The molecule has 0 aromatic heterocycles. The topological polar surface area (TPSA) is 69.7 Å². The maximum Gasteiger partial charge on any atom is 0.282 e. The lowest BCUT2D eigenvalue weighted by atomic mass is 9.97. The summed E-state index contributed by atoms with van der Waals surface area (Å²) in [6, 6.07) is 9.20. The van der Waals surface area contributed by atoms with Crippen LogP contribution >= 0.6 is 0 Å². The number of likely N-dealkylation sites (tertiary alicyclic amines) is 1. The monoisotopic (exact) mass is 439 g/mol. The van der Waals surface area contributed by atoms with Crippen molar-refractivity contribution in [2.45, 2.75) is 26.7 Å². The van der Waals surface area contributed by atoms with E-state index < -0.39 is 29.1 Å². The molecule has 1 fully saturated rings. The van der Waals surface area contributed by atoms with Gasteiger partial charge in [0.25, 0.3) is 11.8 Å². The van der Waals surface area contributed by atoms with Crippen LogP contribution in [0, 0.1) is 17.6 Å². The zero-order chi connectivity index (χ0) is 23.0. The molecule has 0 bridgehead atoms. The number of nitrogens with zero attached hydrogens (tertiary/aromatic N) is 2. The molecular formula is C24H23F2N3O3. The summed E-state index contributed by atoms with van der Waals surface area (Å²) in [5.74, 6) is -2.73. The fraction of sp³-hybridized carbons (Fsp3) is 0.292. The van der Waals surface area contributed by atoms with Crippen molar-refractivity contribution in [3.05, 3.63) is 65.4 Å². The van der Waals surface area contributed by atoms with Crippen molar-refractivity contribution >= 4 is 34.7 Å². The van der Waals surface area contributed by atoms with Crippen molar-refractivity contribution in [1.29, 1.82) is 0 Å². The predicted molar refractivity (Wildman–Crippen MR) is 116 cm³/mol. The standard InChI is InChI=1S/C24H23F2N3O3/c1-14-9-11-28(12-10-14)22-21(16-3-6-18(7-4-16)27-15(2)30)23(31)29(24(22)32)20-13-17(25)5-8-19(20)26/h3-8,13-14H,9-12H2,1-2H3,(H,27,30). The van der Waals surface area contributed by atoms with Gasteiger partial charge in [-0.1, -0.05) is 19.1 Å². The summed E-state index contributed by atoms with van der Waals surface area (Å²) in [6.45, 7) is 4.69. The minimum Gasteiger partial charge on any atom is -0.366 e. The lowest BCUT2D eigenvalue weighted by Gasteiger charge is -2.32. The number of carbonyl (C=O) groups is 3. The first-order chi connectivity index (χ1) is 15.3. The number of rotatable bonds is 4. The molecule has 0 radical (unpaired) electrons. The number of benzene rings is 2. The molecule has 2 aliphatic rings. The second-order valence-corrected chi connectivity index (χ2v) is 8.19. The van der Waals surface area contributed by atoms with E-state index in [4.69, 9.17) is 0 Å². The molecule has 1 saturated heterocycles. The van der Waals surface area contributed by atoms with Gasteiger partial charge in [-0.3, -0.25) is 14.4 Å². The smallest absolute Gasteiger partial charge is 0.282 e. The maximum absolute atomic E-state index is 14.5. The van der Waals surface area contributed by atoms with Crippen LogP contribution in [0.2, 0.25) is 0 Å². The molecule has 4 rings (SSSR count). The number of hydrogen-bond donors (Lipinski definition) is 1. The number of amides is 3. The van der Waals surface area contributed by atoms with Gasteiger partial charge >= 0.3 is 0 Å². The van der Waals surface area contributed by atoms with Crippen molar-refractivity contribution in [2.24, 2.45) is 5.92 Å². The van der Waals surface area contributed by atoms with Gasteiger partial charge in [0.15, 0.2) is 0 Å². The van der Waals surface area contributed by atoms with Gasteiger partial charge in [-0.2, -0.15) is 0 Å². The molecule has 0 saturated carbocycles. The third-order valence-electron chi connectivity index (χ3n) is 5.80. The average molecular weight is 439 g/mol. The Morgan fingerprint density at radius 2 is 1.66 bits per heavy atom. The van der Waals surface area contributed by atoms with E-state index in [1.54, 1.807) is 24.3 Å². The van der Waals surface area contributed by atoms with Crippen molar-refractivity contribution in [3.8, 4) is 0 Å². The van der Waals surface area contributed by atoms with E-state index in [-0.39, 0.29) is 17.2 Å². The molecule has 2 aromatic rings. The Morgan fingerprint density at radius 1 is 1.00 bits per heavy atom. The van der Waals surface area contributed by atoms with E-state index in [9.17, 15) is 23.2 Å². The molecule has 1 N–H and O–H groups in total. The second-order valence-electron chi connectivity index (χ2n) is 8.19. The van der Waals surface area contributed by atoms with E-state index in [1.807, 2.05) is 4.90 Å². The van der Waals surface area contributed by atoms with E-state index in [0.29, 0.717) is 35.2 Å². The van der Waals surface area contributed by atoms with Gasteiger partial charge < -0.3 is 10.2 Å². The lowest BCUT2D eigenvalue weighted by Crippen LogP contribution is -2.38. The molecule has 32 heavy (non-hydrogen) atoms. The zero-order valence-corrected chi connectivity index (χ0v) is 17.8. The van der Waals surface area contributed by atoms with Gasteiger partial charge in [0, 0.05) is 31.8 Å². The van der Waals surface area contributed by atoms with Crippen molar-refractivity contribution in [3.63, 3.8) is 0 Å². The minimum absolute atomic E-state index is 0.141. The van der Waals surface area contributed by atoms with Gasteiger partial charge in [0.2, 0.25) is 5.91 Å². The zero-order valence-electron chi connectivity index (χ0n) is 17.8. The van der Waals surface area contributed by atoms with Gasteiger partial charge in [-0.15, -0.1) is 0 Å². The largest absolute Gasteiger partial charge is 0.366 e. The molecule has 2 aliphatic heterocycles. The summed E-state index contributed by atoms with van der Waals surface area (Å²) in [5.41, 5.74) is 0.929. The van der Waals surface area contributed by atoms with E-state index in [0.717, 1.165) is 31.0 Å². The van der Waals surface area contributed by atoms with Crippen LogP contribution in [0.25, 0.3) is 5.57 Å². The molecule has 3 amide bonds. The SMILES string of the molecule is CC(=O)Nc1ccc(C2=C(N3CCC(C)CC3)C(=O)N(c3cc(F)ccc3F)C2=O)cc1. The summed E-state index contributed by atoms with van der Waals surface area (Å²) in [7, 11) is 0. The van der Waals surface area contributed by atoms with Crippen LogP contribution in [0.4, 0.5) is 20.2 Å². The van der Waals surface area contributed by atoms with Gasteiger partial charge in [0.05, 0.1) is 11.3 Å². The van der Waals surface area contributed by atoms with Crippen LogP contribution < -0.4 is 10.2 Å². The van der Waals surface area contributed by atoms with Crippen LogP contribution in [0.1, 0.15) is 32.3 Å². The van der Waals surface area contributed by atoms with Gasteiger partial charge in [-0.05, 0) is 48.6 Å². The first-order valence-corrected chi connectivity index (χ1v) is 10.5. The third kappa shape index (κ3) is 4.00. The number of anilines is 2. The molecule has 0 spiro atoms. The fourth-order valence-electron chi connectivity index (χ4n) is 4.10. The number of piperidine rings is 1. The first-order valence-electron chi connectivity index (χ1n) is 10.5. The summed E-state index contributed by atoms with van der Waals surface area (Å²) in [5, 5.41) is 2.65. The highest BCUT2D eigenvalue weighted by atomic mass is 19.1. The number of hydrogen-bond acceptors (Lipinski definition) is 4. The highest BCUT2D eigenvalue weighted by Gasteiger charge is 2.44. The third-order valence-corrected chi connectivity index (χ3v) is 5.80. The molecule has 2 heterocycles. The quantitative estimate of drug-likeness (QED) is 0.733. The van der Waals surface area contributed by atoms with Gasteiger partial charge in [-0.25, -0.2) is 13.7 Å². The van der Waals surface area contributed by atoms with Crippen LogP contribution in [0.3, 0.4) is 0 Å². The summed E-state index contributed by atoms with van der Waals surface area (Å²) in [6.07, 6.45) is 1.71. The number of imide groups is 1. The van der Waals surface area contributed by atoms with Crippen molar-refractivity contribution in [1.82, 2.24) is 4.90 Å². The lowest BCUT2D eigenvalue weighted by molar-refractivity contribution is -0.121. The highest BCUT2D eigenvalue weighted by Crippen LogP contribution is 2.37. The van der Waals surface area contributed by atoms with E-state index in [2.05, 4.69) is 12.2 Å². The number of carbonyl (C=O) groups excluding carboxylic acids is 3. The molecule has 0 atom stereocenters. The molecule has 2 aromatic carbocycles. The van der Waals surface area contributed by atoms with Crippen molar-refractivity contribution < 1.29 is 23.2 Å². The molecule has 0 unspecified atom stereocenters. The molecule has 0 aliphatic carbocycles. The highest BCUT2D eigenvalue weighted by molar-refractivity contribution is 6.45. The van der Waals surface area contributed by atoms with Crippen LogP contribution in [-0.4, -0.2) is 35.7 Å². The van der Waals surface area contributed by atoms with Gasteiger partial charge in [0.1, 0.15) is 17.3 Å². The Morgan fingerprint density at radius 3 is 2.28 bits per heavy atom. The predicted octanol–water partition coefficient (Wildman–Crippen LogP) is 3.94. The fourth-order valence-corrected chi connectivity index (χ4v) is 4.10. The minimum atomic E-state index is -0.859. The average Bonchev–Trinajstić information content (AvgIpc) is 3.01. The number of halogens is 2. The second kappa shape index (κ2) is 8.53. The van der Waals surface area contributed by atoms with Crippen LogP contribution in [-0.2, 0) is 14.4 Å². The Bertz CT molecular complexity index is 1120. The molecule has 8 heteroatoms. The normalized spacial score (nSPS) is 17.4. The molecule has 6 nitrogen and oxygen atoms in total. The summed E-state index contributed by atoms with van der Waals surface area (Å²) >= 11 is 0. The molecular weight excluding hydrogens is 416 g/mol. The van der Waals surface area contributed by atoms with Crippen LogP contribution in [0.5, 0.6) is 0 Å². The summed E-state index contributed by atoms with van der Waals surface area (Å²) < 4.78 is 28.4. The van der Waals surface area contributed by atoms with E-state index in [1.165, 1.54) is 6.92 Å². The Balaban J connectivity index is 1.79. The van der Waals surface area contributed by atoms with Crippen LogP contribution in [0.15, 0.2) is 48.2 Å². The Labute approximate surface area is 184 Å². The number of nitrogens with one attached hydrogen (secondary N) is 1. The summed E-state index contributed by atoms with van der Waals surface area (Å²) in [4.78, 5) is 40.7. The Hall–Kier alpha value is -3.55.